The predicted molar refractivity (Wildman–Crippen MR) is 112 cm³/mol. The molecule has 0 saturated heterocycles. The lowest BCUT2D eigenvalue weighted by molar-refractivity contribution is 0.0699. The molecule has 7 nitrogen and oxygen atoms in total. The molecule has 29 heavy (non-hydrogen) atoms. The van der Waals surface area contributed by atoms with Crippen LogP contribution in [0.4, 0.5) is 0 Å². The lowest BCUT2D eigenvalue weighted by Gasteiger charge is -2.37. The Morgan fingerprint density at radius 1 is 1.24 bits per heavy atom. The molecular weight excluding hydrogens is 412 g/mol. The van der Waals surface area contributed by atoms with Gasteiger partial charge in [0, 0.05) is 25.1 Å². The summed E-state index contributed by atoms with van der Waals surface area (Å²) in [6.45, 7) is 3.84. The molecule has 3 aromatic rings. The van der Waals surface area contributed by atoms with E-state index in [1.54, 1.807) is 38.4 Å². The normalized spacial score (nSPS) is 18.3. The Kier molecular flexibility index (Phi) is 4.71. The number of methoxy groups -OCH3 is 1. The number of sulfonamides is 1. The first-order valence-electron chi connectivity index (χ1n) is 9.08. The third kappa shape index (κ3) is 3.65. The maximum atomic E-state index is 13.1. The van der Waals surface area contributed by atoms with E-state index in [0.29, 0.717) is 28.1 Å². The van der Waals surface area contributed by atoms with Gasteiger partial charge in [-0.3, -0.25) is 4.79 Å². The fraction of sp³-hybridized carbons (Fsp3) is 0.350. The molecule has 154 valence electrons. The number of nitrogens with one attached hydrogen (secondary N) is 1. The van der Waals surface area contributed by atoms with Gasteiger partial charge in [-0.1, -0.05) is 17.4 Å². The first-order chi connectivity index (χ1) is 13.6. The summed E-state index contributed by atoms with van der Waals surface area (Å²) in [4.78, 5) is 11.9. The SMILES string of the molecule is COc1ccc2c(c1)OC(C)(C)C[C@H]2NS(=O)(=O)c1ccc2c(c1)sc(=O)n2C. The van der Waals surface area contributed by atoms with Crippen LogP contribution in [0.2, 0.25) is 0 Å². The fourth-order valence-electron chi connectivity index (χ4n) is 3.60. The minimum absolute atomic E-state index is 0.128. The van der Waals surface area contributed by atoms with Crippen molar-refractivity contribution in [1.29, 1.82) is 0 Å². The topological polar surface area (TPSA) is 86.6 Å². The number of nitrogens with zero attached hydrogens (tertiary/aromatic N) is 1. The van der Waals surface area contributed by atoms with Gasteiger partial charge in [0.25, 0.3) is 0 Å². The monoisotopic (exact) mass is 434 g/mol. The molecule has 1 aliphatic rings. The Labute approximate surface area is 172 Å². The Balaban J connectivity index is 1.72. The predicted octanol–water partition coefficient (Wildman–Crippen LogP) is 3.19. The molecule has 1 atom stereocenters. The van der Waals surface area contributed by atoms with E-state index in [0.717, 1.165) is 16.9 Å². The number of ether oxygens (including phenoxy) is 2. The Hall–Kier alpha value is -2.36. The van der Waals surface area contributed by atoms with E-state index < -0.39 is 21.7 Å². The number of rotatable bonds is 4. The molecule has 9 heteroatoms. The van der Waals surface area contributed by atoms with Gasteiger partial charge < -0.3 is 14.0 Å². The van der Waals surface area contributed by atoms with Crippen molar-refractivity contribution in [2.45, 2.75) is 36.8 Å². The quantitative estimate of drug-likeness (QED) is 0.682. The van der Waals surface area contributed by atoms with Crippen molar-refractivity contribution >= 4 is 31.6 Å². The smallest absolute Gasteiger partial charge is 0.307 e. The van der Waals surface area contributed by atoms with Crippen LogP contribution in [0, 0.1) is 0 Å². The highest BCUT2D eigenvalue weighted by Crippen LogP contribution is 2.41. The van der Waals surface area contributed by atoms with E-state index >= 15 is 0 Å². The zero-order chi connectivity index (χ0) is 21.0. The van der Waals surface area contributed by atoms with Crippen molar-refractivity contribution < 1.29 is 17.9 Å². The molecule has 0 spiro atoms. The van der Waals surface area contributed by atoms with Gasteiger partial charge in [0.05, 0.1) is 28.3 Å². The molecule has 0 bridgehead atoms. The van der Waals surface area contributed by atoms with Crippen molar-refractivity contribution in [3.05, 3.63) is 51.6 Å². The Bertz CT molecular complexity index is 1260. The zero-order valence-corrected chi connectivity index (χ0v) is 18.2. The van der Waals surface area contributed by atoms with Gasteiger partial charge in [-0.05, 0) is 38.1 Å². The van der Waals surface area contributed by atoms with Crippen LogP contribution in [0.15, 0.2) is 46.1 Å². The molecule has 4 rings (SSSR count). The van der Waals surface area contributed by atoms with Crippen LogP contribution in [0.1, 0.15) is 31.9 Å². The Morgan fingerprint density at radius 3 is 2.72 bits per heavy atom. The van der Waals surface area contributed by atoms with Crippen LogP contribution in [-0.4, -0.2) is 25.7 Å². The average Bonchev–Trinajstić information content (AvgIpc) is 2.93. The first-order valence-corrected chi connectivity index (χ1v) is 11.4. The molecule has 0 fully saturated rings. The van der Waals surface area contributed by atoms with E-state index in [2.05, 4.69) is 4.72 Å². The standard InChI is InChI=1S/C20H22N2O5S2/c1-20(2)11-15(14-7-5-12(26-4)9-17(14)27-20)21-29(24,25)13-6-8-16-18(10-13)28-19(23)22(16)3/h5-10,15,21H,11H2,1-4H3/t15-/m1/s1. The maximum absolute atomic E-state index is 13.1. The molecule has 1 aromatic heterocycles. The van der Waals surface area contributed by atoms with Gasteiger partial charge in [0.1, 0.15) is 17.1 Å². The van der Waals surface area contributed by atoms with E-state index in [1.165, 1.54) is 10.6 Å². The second-order valence-corrected chi connectivity index (χ2v) is 10.4. The van der Waals surface area contributed by atoms with E-state index in [-0.39, 0.29) is 9.77 Å². The summed E-state index contributed by atoms with van der Waals surface area (Å²) < 4.78 is 42.5. The van der Waals surface area contributed by atoms with Crippen molar-refractivity contribution in [2.24, 2.45) is 7.05 Å². The van der Waals surface area contributed by atoms with Crippen molar-refractivity contribution in [3.8, 4) is 11.5 Å². The molecule has 0 aliphatic carbocycles. The molecule has 1 N–H and O–H groups in total. The number of thiazole rings is 1. The summed E-state index contributed by atoms with van der Waals surface area (Å²) in [5.41, 5.74) is 0.929. The third-order valence-electron chi connectivity index (χ3n) is 5.05. The van der Waals surface area contributed by atoms with Gasteiger partial charge in [-0.25, -0.2) is 13.1 Å². The van der Waals surface area contributed by atoms with Crippen LogP contribution in [0.25, 0.3) is 10.2 Å². The largest absolute Gasteiger partial charge is 0.497 e. The number of aromatic nitrogens is 1. The first kappa shape index (κ1) is 19.9. The molecule has 0 radical (unpaired) electrons. The summed E-state index contributed by atoms with van der Waals surface area (Å²) in [5.74, 6) is 1.25. The van der Waals surface area contributed by atoms with Crippen molar-refractivity contribution in [1.82, 2.24) is 9.29 Å². The number of hydrogen-bond acceptors (Lipinski definition) is 6. The van der Waals surface area contributed by atoms with E-state index in [1.807, 2.05) is 19.9 Å². The number of hydrogen-bond donors (Lipinski definition) is 1. The molecule has 2 aromatic carbocycles. The van der Waals surface area contributed by atoms with Gasteiger partial charge in [0.2, 0.25) is 10.0 Å². The lowest BCUT2D eigenvalue weighted by atomic mass is 9.90. The van der Waals surface area contributed by atoms with E-state index in [9.17, 15) is 13.2 Å². The number of benzene rings is 2. The average molecular weight is 435 g/mol. The summed E-state index contributed by atoms with van der Waals surface area (Å²) in [7, 11) is -0.562. The highest BCUT2D eigenvalue weighted by Gasteiger charge is 2.36. The number of aryl methyl sites for hydroxylation is 1. The molecule has 2 heterocycles. The fourth-order valence-corrected chi connectivity index (χ4v) is 5.84. The van der Waals surface area contributed by atoms with Gasteiger partial charge in [0.15, 0.2) is 0 Å². The zero-order valence-electron chi connectivity index (χ0n) is 16.6. The highest BCUT2D eigenvalue weighted by molar-refractivity contribution is 7.89. The van der Waals surface area contributed by atoms with Crippen LogP contribution < -0.4 is 19.1 Å². The molecular formula is C20H22N2O5S2. The van der Waals surface area contributed by atoms with E-state index in [4.69, 9.17) is 9.47 Å². The Morgan fingerprint density at radius 2 is 2.00 bits per heavy atom. The number of fused-ring (bicyclic) bond motifs is 2. The molecule has 0 saturated carbocycles. The van der Waals surface area contributed by atoms with Crippen molar-refractivity contribution in [2.75, 3.05) is 7.11 Å². The molecule has 0 unspecified atom stereocenters. The summed E-state index contributed by atoms with van der Waals surface area (Å²) in [6.07, 6.45) is 0.479. The second kappa shape index (κ2) is 6.86. The van der Waals surface area contributed by atoms with Crippen LogP contribution in [0.3, 0.4) is 0 Å². The van der Waals surface area contributed by atoms with Crippen LogP contribution >= 0.6 is 11.3 Å². The van der Waals surface area contributed by atoms with Gasteiger partial charge in [-0.2, -0.15) is 0 Å². The minimum atomic E-state index is -3.80. The molecule has 1 aliphatic heterocycles. The summed E-state index contributed by atoms with van der Waals surface area (Å²) >= 11 is 1.03. The van der Waals surface area contributed by atoms with Crippen molar-refractivity contribution in [3.63, 3.8) is 0 Å². The summed E-state index contributed by atoms with van der Waals surface area (Å²) in [5, 5.41) is 0. The second-order valence-electron chi connectivity index (χ2n) is 7.70. The minimum Gasteiger partial charge on any atom is -0.497 e. The maximum Gasteiger partial charge on any atom is 0.307 e. The van der Waals surface area contributed by atoms with Gasteiger partial charge in [-0.15, -0.1) is 0 Å². The lowest BCUT2D eigenvalue weighted by Crippen LogP contribution is -2.41. The van der Waals surface area contributed by atoms with Crippen LogP contribution in [-0.2, 0) is 17.1 Å². The molecule has 0 amide bonds. The highest BCUT2D eigenvalue weighted by atomic mass is 32.2. The summed E-state index contributed by atoms with van der Waals surface area (Å²) in [6, 6.07) is 9.66. The van der Waals surface area contributed by atoms with Crippen LogP contribution in [0.5, 0.6) is 11.5 Å². The third-order valence-corrected chi connectivity index (χ3v) is 7.51. The van der Waals surface area contributed by atoms with Gasteiger partial charge >= 0.3 is 4.87 Å².